The maximum Gasteiger partial charge on any atom is 0.270 e. The number of carbonyl (C=O) groups is 1. The van der Waals surface area contributed by atoms with Crippen LogP contribution in [-0.2, 0) is 6.54 Å². The van der Waals surface area contributed by atoms with Crippen LogP contribution in [0.25, 0.3) is 33.2 Å². The van der Waals surface area contributed by atoms with Gasteiger partial charge in [-0.3, -0.25) is 4.79 Å². The Morgan fingerprint density at radius 2 is 1.78 bits per heavy atom. The van der Waals surface area contributed by atoms with Gasteiger partial charge >= 0.3 is 0 Å². The standard InChI is InChI=1S/C28H27N7O2/c29-26-24-25(34-35(27(24)32-16-31-26)20-10-12-21(36)13-11-20)19-7-5-17(6-8-19)15-30-28(37)23-14-9-18-3-1-2-4-22(18)33-23/h1-9,14,16,20-21,36H,10-13,15H2,(H,30,37)(H2,29,31,32). The van der Waals surface area contributed by atoms with Gasteiger partial charge in [0, 0.05) is 17.5 Å². The van der Waals surface area contributed by atoms with E-state index in [0.29, 0.717) is 23.7 Å². The van der Waals surface area contributed by atoms with E-state index < -0.39 is 0 Å². The molecule has 3 aromatic heterocycles. The average Bonchev–Trinajstić information content (AvgIpc) is 3.33. The highest BCUT2D eigenvalue weighted by Gasteiger charge is 2.26. The molecule has 6 rings (SSSR count). The van der Waals surface area contributed by atoms with E-state index in [-0.39, 0.29) is 18.1 Å². The minimum atomic E-state index is -0.248. The Balaban J connectivity index is 1.22. The van der Waals surface area contributed by atoms with Crippen LogP contribution in [-0.4, -0.2) is 41.9 Å². The van der Waals surface area contributed by atoms with Crippen LogP contribution >= 0.6 is 0 Å². The third-order valence-corrected chi connectivity index (χ3v) is 7.04. The molecule has 0 bridgehead atoms. The average molecular weight is 494 g/mol. The zero-order chi connectivity index (χ0) is 25.4. The number of nitrogen functional groups attached to an aromatic ring is 1. The van der Waals surface area contributed by atoms with Crippen LogP contribution in [0.4, 0.5) is 5.82 Å². The van der Waals surface area contributed by atoms with Crippen LogP contribution in [0.3, 0.4) is 0 Å². The SMILES string of the molecule is Nc1ncnc2c1c(-c1ccc(CNC(=O)c3ccc4ccccc4n3)cc1)nn2C1CCC(O)CC1. The van der Waals surface area contributed by atoms with Gasteiger partial charge in [0.05, 0.1) is 23.0 Å². The molecule has 1 fully saturated rings. The number of nitrogens with two attached hydrogens (primary N) is 1. The fourth-order valence-corrected chi connectivity index (χ4v) is 5.00. The van der Waals surface area contributed by atoms with Crippen molar-refractivity contribution in [2.75, 3.05) is 5.73 Å². The number of rotatable bonds is 5. The minimum Gasteiger partial charge on any atom is -0.393 e. The summed E-state index contributed by atoms with van der Waals surface area (Å²) in [4.78, 5) is 25.8. The topological polar surface area (TPSA) is 132 Å². The largest absolute Gasteiger partial charge is 0.393 e. The molecule has 9 heteroatoms. The summed E-state index contributed by atoms with van der Waals surface area (Å²) in [7, 11) is 0. The van der Waals surface area contributed by atoms with Crippen LogP contribution in [0.1, 0.15) is 47.8 Å². The van der Waals surface area contributed by atoms with Gasteiger partial charge < -0.3 is 16.2 Å². The first-order chi connectivity index (χ1) is 18.1. The third kappa shape index (κ3) is 4.49. The number of nitrogens with one attached hydrogen (secondary N) is 1. The molecule has 0 aliphatic heterocycles. The summed E-state index contributed by atoms with van der Waals surface area (Å²) in [5.41, 5.74) is 10.7. The van der Waals surface area contributed by atoms with Crippen LogP contribution in [0.5, 0.6) is 0 Å². The predicted octanol–water partition coefficient (Wildman–Crippen LogP) is 4.03. The highest BCUT2D eigenvalue weighted by molar-refractivity contribution is 5.98. The van der Waals surface area contributed by atoms with Gasteiger partial charge in [-0.1, -0.05) is 48.5 Å². The molecule has 1 aliphatic rings. The number of carbonyl (C=O) groups excluding carboxylic acids is 1. The second-order valence-corrected chi connectivity index (χ2v) is 9.48. The molecule has 1 amide bonds. The summed E-state index contributed by atoms with van der Waals surface area (Å²) in [5, 5.41) is 19.5. The van der Waals surface area contributed by atoms with Gasteiger partial charge in [-0.2, -0.15) is 5.10 Å². The van der Waals surface area contributed by atoms with E-state index in [1.54, 1.807) is 6.07 Å². The molecule has 0 saturated heterocycles. The molecule has 2 aromatic carbocycles. The van der Waals surface area contributed by atoms with E-state index in [4.69, 9.17) is 10.8 Å². The Morgan fingerprint density at radius 1 is 1.00 bits per heavy atom. The van der Waals surface area contributed by atoms with Crippen LogP contribution in [0, 0.1) is 0 Å². The second-order valence-electron chi connectivity index (χ2n) is 9.48. The maximum atomic E-state index is 12.7. The number of amides is 1. The third-order valence-electron chi connectivity index (χ3n) is 7.04. The summed E-state index contributed by atoms with van der Waals surface area (Å²) in [6, 6.07) is 19.4. The number of fused-ring (bicyclic) bond motifs is 2. The van der Waals surface area contributed by atoms with E-state index in [0.717, 1.165) is 58.8 Å². The summed E-state index contributed by atoms with van der Waals surface area (Å²) in [5.74, 6) is 0.170. The van der Waals surface area contributed by atoms with E-state index >= 15 is 0 Å². The van der Waals surface area contributed by atoms with Crippen molar-refractivity contribution in [2.24, 2.45) is 0 Å². The number of aliphatic hydroxyl groups excluding tert-OH is 1. The normalized spacial score (nSPS) is 17.8. The molecule has 4 N–H and O–H groups in total. The highest BCUT2D eigenvalue weighted by atomic mass is 16.3. The van der Waals surface area contributed by atoms with Crippen LogP contribution < -0.4 is 11.1 Å². The van der Waals surface area contributed by atoms with Crippen molar-refractivity contribution >= 4 is 33.7 Å². The van der Waals surface area contributed by atoms with Gasteiger partial charge in [0.2, 0.25) is 0 Å². The molecule has 3 heterocycles. The number of anilines is 1. The van der Waals surface area contributed by atoms with E-state index in [1.807, 2.05) is 59.3 Å². The molecule has 0 spiro atoms. The lowest BCUT2D eigenvalue weighted by Gasteiger charge is -2.25. The lowest BCUT2D eigenvalue weighted by Crippen LogP contribution is -2.23. The molecule has 0 radical (unpaired) electrons. The Morgan fingerprint density at radius 3 is 2.59 bits per heavy atom. The van der Waals surface area contributed by atoms with Crippen LogP contribution in [0.15, 0.2) is 67.0 Å². The smallest absolute Gasteiger partial charge is 0.270 e. The highest BCUT2D eigenvalue weighted by Crippen LogP contribution is 2.35. The molecule has 5 aromatic rings. The number of aliphatic hydroxyl groups is 1. The molecular formula is C28H27N7O2. The Labute approximate surface area is 213 Å². The van der Waals surface area contributed by atoms with Gasteiger partial charge in [-0.05, 0) is 43.4 Å². The zero-order valence-corrected chi connectivity index (χ0v) is 20.2. The van der Waals surface area contributed by atoms with Crippen molar-refractivity contribution in [3.63, 3.8) is 0 Å². The van der Waals surface area contributed by atoms with Crippen LogP contribution in [0.2, 0.25) is 0 Å². The summed E-state index contributed by atoms with van der Waals surface area (Å²) in [6.07, 6.45) is 4.39. The van der Waals surface area contributed by atoms with Crippen molar-refractivity contribution in [1.82, 2.24) is 30.0 Å². The molecule has 0 atom stereocenters. The fraction of sp³-hybridized carbons (Fsp3) is 0.250. The van der Waals surface area contributed by atoms with Gasteiger partial charge in [0.15, 0.2) is 5.65 Å². The quantitative estimate of drug-likeness (QED) is 0.337. The first-order valence-electron chi connectivity index (χ1n) is 12.5. The molecule has 9 nitrogen and oxygen atoms in total. The predicted molar refractivity (Wildman–Crippen MR) is 142 cm³/mol. The summed E-state index contributed by atoms with van der Waals surface area (Å²) < 4.78 is 1.94. The number of hydrogen-bond acceptors (Lipinski definition) is 7. The van der Waals surface area contributed by atoms with Gasteiger partial charge in [0.25, 0.3) is 5.91 Å². The molecule has 1 aliphatic carbocycles. The molecule has 0 unspecified atom stereocenters. The number of para-hydroxylation sites is 1. The molecule has 186 valence electrons. The maximum absolute atomic E-state index is 12.7. The van der Waals surface area contributed by atoms with Crippen molar-refractivity contribution < 1.29 is 9.90 Å². The summed E-state index contributed by atoms with van der Waals surface area (Å²) >= 11 is 0. The van der Waals surface area contributed by atoms with Gasteiger partial charge in [0.1, 0.15) is 23.5 Å². The summed E-state index contributed by atoms with van der Waals surface area (Å²) in [6.45, 7) is 0.373. The van der Waals surface area contributed by atoms with Gasteiger partial charge in [-0.25, -0.2) is 19.6 Å². The molecule has 37 heavy (non-hydrogen) atoms. The van der Waals surface area contributed by atoms with E-state index in [2.05, 4.69) is 20.3 Å². The molecular weight excluding hydrogens is 466 g/mol. The lowest BCUT2D eigenvalue weighted by atomic mass is 9.93. The van der Waals surface area contributed by atoms with Gasteiger partial charge in [-0.15, -0.1) is 0 Å². The monoisotopic (exact) mass is 493 g/mol. The Hall–Kier alpha value is -4.37. The number of benzene rings is 2. The first-order valence-corrected chi connectivity index (χ1v) is 12.5. The van der Waals surface area contributed by atoms with Crippen molar-refractivity contribution in [1.29, 1.82) is 0 Å². The first kappa shape index (κ1) is 23.1. The van der Waals surface area contributed by atoms with Crippen molar-refractivity contribution in [2.45, 2.75) is 44.4 Å². The number of aromatic nitrogens is 5. The van der Waals surface area contributed by atoms with Crippen molar-refractivity contribution in [3.8, 4) is 11.3 Å². The second kappa shape index (κ2) is 9.59. The minimum absolute atomic E-state index is 0.159. The Bertz CT molecular complexity index is 1590. The van der Waals surface area contributed by atoms with Crippen molar-refractivity contribution in [3.05, 3.63) is 78.2 Å². The Kier molecular flexibility index (Phi) is 5.97. The fourth-order valence-electron chi connectivity index (χ4n) is 5.00. The van der Waals surface area contributed by atoms with E-state index in [1.165, 1.54) is 6.33 Å². The zero-order valence-electron chi connectivity index (χ0n) is 20.2. The number of hydrogen-bond donors (Lipinski definition) is 3. The molecule has 1 saturated carbocycles. The number of pyridine rings is 1. The van der Waals surface area contributed by atoms with E-state index in [9.17, 15) is 9.90 Å². The number of nitrogens with zero attached hydrogens (tertiary/aromatic N) is 5. The lowest BCUT2D eigenvalue weighted by molar-refractivity contribution is 0.0946.